The number of aromatic amines is 1. The Bertz CT molecular complexity index is 1270. The smallest absolute Gasteiger partial charge is 0.248 e. The van der Waals surface area contributed by atoms with Gasteiger partial charge in [0.05, 0.1) is 34.6 Å². The van der Waals surface area contributed by atoms with Crippen LogP contribution in [0.25, 0.3) is 17.3 Å². The molecule has 8 nitrogen and oxygen atoms in total. The zero-order valence-electron chi connectivity index (χ0n) is 17.0. The highest BCUT2D eigenvalue weighted by atomic mass is 32.2. The van der Waals surface area contributed by atoms with Gasteiger partial charge in [-0.25, -0.2) is 4.39 Å². The van der Waals surface area contributed by atoms with Crippen molar-refractivity contribution in [1.29, 1.82) is 0 Å². The lowest BCUT2D eigenvalue weighted by atomic mass is 10.1. The van der Waals surface area contributed by atoms with E-state index in [1.807, 2.05) is 0 Å². The SMILES string of the molecule is Cn1ncc(C=CC(=O)Nc2ccc(CS(=O)c3cn[nH]n3)cc2)c1-c1ccc(F)cc1. The Morgan fingerprint density at radius 1 is 1.16 bits per heavy atom. The molecule has 0 radical (unpaired) electrons. The van der Waals surface area contributed by atoms with E-state index in [1.165, 1.54) is 24.4 Å². The number of rotatable bonds is 7. The number of nitrogens with zero attached hydrogens (tertiary/aromatic N) is 4. The molecule has 0 aliphatic heterocycles. The van der Waals surface area contributed by atoms with E-state index in [4.69, 9.17) is 0 Å². The summed E-state index contributed by atoms with van der Waals surface area (Å²) in [5, 5.41) is 17.3. The van der Waals surface area contributed by atoms with Crippen molar-refractivity contribution in [2.75, 3.05) is 5.32 Å². The molecular formula is C22H19FN6O2S. The van der Waals surface area contributed by atoms with Crippen LogP contribution in [-0.4, -0.2) is 35.3 Å². The number of amides is 1. The van der Waals surface area contributed by atoms with Gasteiger partial charge in [-0.15, -0.1) is 5.10 Å². The number of hydrogen-bond acceptors (Lipinski definition) is 5. The molecule has 1 atom stereocenters. The molecule has 10 heteroatoms. The van der Waals surface area contributed by atoms with Crippen LogP contribution in [0, 0.1) is 5.82 Å². The number of carbonyl (C=O) groups excluding carboxylic acids is 1. The fraction of sp³-hybridized carbons (Fsp3) is 0.0909. The third kappa shape index (κ3) is 5.03. The lowest BCUT2D eigenvalue weighted by molar-refractivity contribution is -0.111. The largest absolute Gasteiger partial charge is 0.323 e. The summed E-state index contributed by atoms with van der Waals surface area (Å²) in [6.45, 7) is 0. The van der Waals surface area contributed by atoms with E-state index in [-0.39, 0.29) is 11.7 Å². The van der Waals surface area contributed by atoms with Crippen LogP contribution in [0.5, 0.6) is 0 Å². The minimum Gasteiger partial charge on any atom is -0.323 e. The van der Waals surface area contributed by atoms with Crippen molar-refractivity contribution in [1.82, 2.24) is 25.2 Å². The van der Waals surface area contributed by atoms with Crippen molar-refractivity contribution in [2.45, 2.75) is 10.8 Å². The van der Waals surface area contributed by atoms with Gasteiger partial charge in [0.1, 0.15) is 5.82 Å². The van der Waals surface area contributed by atoms with Crippen LogP contribution in [0.1, 0.15) is 11.1 Å². The summed E-state index contributed by atoms with van der Waals surface area (Å²) in [4.78, 5) is 12.4. The van der Waals surface area contributed by atoms with Crippen molar-refractivity contribution in [3.05, 3.63) is 83.9 Å². The zero-order chi connectivity index (χ0) is 22.5. The van der Waals surface area contributed by atoms with Crippen LogP contribution in [0.2, 0.25) is 0 Å². The van der Waals surface area contributed by atoms with Gasteiger partial charge in [0, 0.05) is 29.9 Å². The van der Waals surface area contributed by atoms with Crippen molar-refractivity contribution in [2.24, 2.45) is 7.05 Å². The van der Waals surface area contributed by atoms with Gasteiger partial charge in [0.25, 0.3) is 0 Å². The van der Waals surface area contributed by atoms with E-state index >= 15 is 0 Å². The Morgan fingerprint density at radius 3 is 2.59 bits per heavy atom. The van der Waals surface area contributed by atoms with Crippen LogP contribution in [0.15, 0.2) is 72.0 Å². The fourth-order valence-corrected chi connectivity index (χ4v) is 4.05. The lowest BCUT2D eigenvalue weighted by Gasteiger charge is -2.05. The number of benzene rings is 2. The highest BCUT2D eigenvalue weighted by molar-refractivity contribution is 7.84. The summed E-state index contributed by atoms with van der Waals surface area (Å²) < 4.78 is 27.1. The predicted molar refractivity (Wildman–Crippen MR) is 119 cm³/mol. The highest BCUT2D eigenvalue weighted by Gasteiger charge is 2.10. The third-order valence-corrected chi connectivity index (χ3v) is 5.90. The van der Waals surface area contributed by atoms with Crippen LogP contribution in [0.3, 0.4) is 0 Å². The second kappa shape index (κ2) is 9.48. The number of H-pyrrole nitrogens is 1. The quantitative estimate of drug-likeness (QED) is 0.420. The Morgan fingerprint density at radius 2 is 1.91 bits per heavy atom. The summed E-state index contributed by atoms with van der Waals surface area (Å²) in [5.41, 5.74) is 3.77. The van der Waals surface area contributed by atoms with Crippen molar-refractivity contribution < 1.29 is 13.4 Å². The molecule has 0 saturated heterocycles. The maximum atomic E-state index is 13.2. The van der Waals surface area contributed by atoms with Gasteiger partial charge in [0.15, 0.2) is 5.03 Å². The molecule has 0 fully saturated rings. The van der Waals surface area contributed by atoms with Gasteiger partial charge < -0.3 is 5.32 Å². The van der Waals surface area contributed by atoms with E-state index in [2.05, 4.69) is 25.8 Å². The predicted octanol–water partition coefficient (Wildman–Crippen LogP) is 3.30. The monoisotopic (exact) mass is 450 g/mol. The molecule has 2 heterocycles. The third-order valence-electron chi connectivity index (χ3n) is 4.64. The van der Waals surface area contributed by atoms with Gasteiger partial charge in [-0.05, 0) is 48.0 Å². The number of nitrogens with one attached hydrogen (secondary N) is 2. The molecule has 2 N–H and O–H groups in total. The Balaban J connectivity index is 1.40. The van der Waals surface area contributed by atoms with Gasteiger partial charge in [-0.3, -0.25) is 13.7 Å². The van der Waals surface area contributed by atoms with E-state index < -0.39 is 10.8 Å². The molecule has 0 spiro atoms. The minimum absolute atomic E-state index is 0.299. The molecule has 0 saturated carbocycles. The number of carbonyl (C=O) groups is 1. The van der Waals surface area contributed by atoms with Crippen molar-refractivity contribution in [3.8, 4) is 11.3 Å². The molecule has 162 valence electrons. The molecule has 32 heavy (non-hydrogen) atoms. The van der Waals surface area contributed by atoms with Gasteiger partial charge in [-0.2, -0.15) is 15.4 Å². The molecule has 1 amide bonds. The number of halogens is 1. The molecule has 2 aromatic heterocycles. The van der Waals surface area contributed by atoms with E-state index in [0.29, 0.717) is 16.5 Å². The number of aryl methyl sites for hydroxylation is 1. The first-order chi connectivity index (χ1) is 15.5. The fourth-order valence-electron chi connectivity index (χ4n) is 3.10. The van der Waals surface area contributed by atoms with E-state index in [9.17, 15) is 13.4 Å². The molecule has 1 unspecified atom stereocenters. The van der Waals surface area contributed by atoms with E-state index in [0.717, 1.165) is 22.4 Å². The standard InChI is InChI=1S/C22H19FN6O2S/c1-29-22(16-4-7-18(23)8-5-16)17(12-25-29)6-11-20(30)26-19-9-2-15(3-10-19)14-32(31)21-13-24-28-27-21/h2-13H,14H2,1H3,(H,26,30)(H,24,27,28). The zero-order valence-corrected chi connectivity index (χ0v) is 17.8. The lowest BCUT2D eigenvalue weighted by Crippen LogP contribution is -2.07. The van der Waals surface area contributed by atoms with Gasteiger partial charge in [0.2, 0.25) is 5.91 Å². The highest BCUT2D eigenvalue weighted by Crippen LogP contribution is 2.24. The minimum atomic E-state index is -1.29. The van der Waals surface area contributed by atoms with Crippen molar-refractivity contribution >= 4 is 28.5 Å². The average molecular weight is 450 g/mol. The summed E-state index contributed by atoms with van der Waals surface area (Å²) in [6, 6.07) is 13.2. The maximum absolute atomic E-state index is 13.2. The second-order valence-corrected chi connectivity index (χ2v) is 8.29. The van der Waals surface area contributed by atoms with E-state index in [1.54, 1.807) is 60.4 Å². The topological polar surface area (TPSA) is 106 Å². The van der Waals surface area contributed by atoms with Crippen LogP contribution >= 0.6 is 0 Å². The molecule has 0 aliphatic carbocycles. The molecular weight excluding hydrogens is 431 g/mol. The normalized spacial score (nSPS) is 12.2. The van der Waals surface area contributed by atoms with Gasteiger partial charge >= 0.3 is 0 Å². The van der Waals surface area contributed by atoms with Crippen LogP contribution in [0.4, 0.5) is 10.1 Å². The Labute approximate surface area is 185 Å². The van der Waals surface area contributed by atoms with Gasteiger partial charge in [-0.1, -0.05) is 12.1 Å². The molecule has 0 bridgehead atoms. The summed E-state index contributed by atoms with van der Waals surface area (Å²) in [7, 11) is 0.491. The number of aromatic nitrogens is 5. The maximum Gasteiger partial charge on any atom is 0.248 e. The Kier molecular flexibility index (Phi) is 6.31. The average Bonchev–Trinajstić information content (AvgIpc) is 3.45. The first-order valence-electron chi connectivity index (χ1n) is 9.59. The number of hydrogen-bond donors (Lipinski definition) is 2. The Hall–Kier alpha value is -3.92. The number of anilines is 1. The summed E-state index contributed by atoms with van der Waals surface area (Å²) in [6.07, 6.45) is 6.15. The van der Waals surface area contributed by atoms with Crippen LogP contribution < -0.4 is 5.32 Å². The van der Waals surface area contributed by atoms with Crippen LogP contribution in [-0.2, 0) is 28.4 Å². The first-order valence-corrected chi connectivity index (χ1v) is 10.9. The molecule has 4 rings (SSSR count). The molecule has 2 aromatic carbocycles. The first kappa shape index (κ1) is 21.3. The second-order valence-electron chi connectivity index (χ2n) is 6.90. The van der Waals surface area contributed by atoms with Crippen molar-refractivity contribution in [3.63, 3.8) is 0 Å². The molecule has 4 aromatic rings. The molecule has 0 aliphatic rings. The summed E-state index contributed by atoms with van der Waals surface area (Å²) in [5.74, 6) is -0.325. The summed E-state index contributed by atoms with van der Waals surface area (Å²) >= 11 is 0.